The zero-order chi connectivity index (χ0) is 15.2. The first kappa shape index (κ1) is 15.5. The minimum Gasteiger partial charge on any atom is -0.493 e. The van der Waals surface area contributed by atoms with Gasteiger partial charge in [0.1, 0.15) is 17.9 Å². The Kier molecular flexibility index (Phi) is 5.33. The van der Waals surface area contributed by atoms with E-state index in [9.17, 15) is 5.11 Å². The molecule has 21 heavy (non-hydrogen) atoms. The molecule has 1 unspecified atom stereocenters. The van der Waals surface area contributed by atoms with Gasteiger partial charge in [0.2, 0.25) is 0 Å². The number of ether oxygens (including phenoxy) is 1. The number of para-hydroxylation sites is 1. The van der Waals surface area contributed by atoms with Crippen molar-refractivity contribution in [2.75, 3.05) is 6.61 Å². The summed E-state index contributed by atoms with van der Waals surface area (Å²) in [5, 5.41) is 14.7. The fourth-order valence-electron chi connectivity index (χ4n) is 2.27. The Bertz CT molecular complexity index is 566. The summed E-state index contributed by atoms with van der Waals surface area (Å²) in [6.07, 6.45) is 1.32. The van der Waals surface area contributed by atoms with Crippen LogP contribution in [-0.2, 0) is 13.0 Å². The minimum atomic E-state index is -0.650. The maximum atomic E-state index is 10.5. The van der Waals surface area contributed by atoms with Crippen LogP contribution in [0.3, 0.4) is 0 Å². The molecule has 0 saturated heterocycles. The smallest absolute Gasteiger partial charge is 0.138 e. The van der Waals surface area contributed by atoms with Gasteiger partial charge in [0.05, 0.1) is 12.7 Å². The molecule has 0 aliphatic heterocycles. The lowest BCUT2D eigenvalue weighted by atomic mass is 10.0. The first-order valence-electron chi connectivity index (χ1n) is 7.38. The molecular formula is C16H23N3O2. The average Bonchev–Trinajstić information content (AvgIpc) is 2.86. The summed E-state index contributed by atoms with van der Waals surface area (Å²) >= 11 is 0. The molecule has 0 aliphatic carbocycles. The molecule has 1 atom stereocenters. The Balaban J connectivity index is 2.15. The highest BCUT2D eigenvalue weighted by atomic mass is 16.5. The van der Waals surface area contributed by atoms with Gasteiger partial charge in [-0.3, -0.25) is 0 Å². The van der Waals surface area contributed by atoms with Crippen LogP contribution in [0.5, 0.6) is 5.75 Å². The van der Waals surface area contributed by atoms with Gasteiger partial charge in [-0.2, -0.15) is 5.10 Å². The first-order valence-corrected chi connectivity index (χ1v) is 7.38. The number of rotatable bonds is 7. The van der Waals surface area contributed by atoms with Crippen molar-refractivity contribution < 1.29 is 9.84 Å². The molecule has 1 heterocycles. The van der Waals surface area contributed by atoms with Crippen molar-refractivity contribution in [3.8, 4) is 5.75 Å². The lowest BCUT2D eigenvalue weighted by Crippen LogP contribution is -2.14. The standard InChI is InChI=1S/C16H23N3O2/c1-4-21-15-8-6-5-7-13(15)14(20)9-16-17-11-18-19(16)10-12(2)3/h5-8,11-12,14,20H,4,9-10H2,1-3H3. The van der Waals surface area contributed by atoms with E-state index in [2.05, 4.69) is 23.9 Å². The number of hydrogen-bond donors (Lipinski definition) is 1. The fraction of sp³-hybridized carbons (Fsp3) is 0.500. The van der Waals surface area contributed by atoms with Gasteiger partial charge in [-0.1, -0.05) is 32.0 Å². The number of aromatic nitrogens is 3. The zero-order valence-corrected chi connectivity index (χ0v) is 12.9. The molecule has 1 N–H and O–H groups in total. The third-order valence-electron chi connectivity index (χ3n) is 3.19. The normalized spacial score (nSPS) is 12.6. The van der Waals surface area contributed by atoms with Crippen LogP contribution in [0.15, 0.2) is 30.6 Å². The van der Waals surface area contributed by atoms with E-state index in [1.165, 1.54) is 0 Å². The lowest BCUT2D eigenvalue weighted by molar-refractivity contribution is 0.167. The van der Waals surface area contributed by atoms with Crippen molar-refractivity contribution in [2.24, 2.45) is 5.92 Å². The van der Waals surface area contributed by atoms with Crippen LogP contribution in [0.4, 0.5) is 0 Å². The van der Waals surface area contributed by atoms with Gasteiger partial charge in [0.25, 0.3) is 0 Å². The summed E-state index contributed by atoms with van der Waals surface area (Å²) in [5.74, 6) is 2.00. The van der Waals surface area contributed by atoms with Gasteiger partial charge in [0, 0.05) is 18.5 Å². The molecule has 0 aliphatic rings. The molecule has 0 radical (unpaired) electrons. The van der Waals surface area contributed by atoms with E-state index in [0.717, 1.165) is 23.7 Å². The summed E-state index contributed by atoms with van der Waals surface area (Å²) in [7, 11) is 0. The molecule has 0 fully saturated rings. The molecule has 0 bridgehead atoms. The second kappa shape index (κ2) is 7.22. The predicted octanol–water partition coefficient (Wildman–Crippen LogP) is 2.61. The fourth-order valence-corrected chi connectivity index (χ4v) is 2.27. The maximum absolute atomic E-state index is 10.5. The highest BCUT2D eigenvalue weighted by Crippen LogP contribution is 2.27. The summed E-state index contributed by atoms with van der Waals surface area (Å²) in [5.41, 5.74) is 0.790. The largest absolute Gasteiger partial charge is 0.493 e. The third-order valence-corrected chi connectivity index (χ3v) is 3.19. The molecular weight excluding hydrogens is 266 g/mol. The van der Waals surface area contributed by atoms with Gasteiger partial charge < -0.3 is 9.84 Å². The Morgan fingerprint density at radius 1 is 1.29 bits per heavy atom. The topological polar surface area (TPSA) is 60.2 Å². The second-order valence-corrected chi connectivity index (χ2v) is 5.44. The molecule has 2 rings (SSSR count). The van der Waals surface area contributed by atoms with Crippen molar-refractivity contribution in [3.63, 3.8) is 0 Å². The van der Waals surface area contributed by atoms with E-state index in [1.807, 2.05) is 35.9 Å². The predicted molar refractivity (Wildman–Crippen MR) is 81.1 cm³/mol. The van der Waals surface area contributed by atoms with Crippen LogP contribution in [0, 0.1) is 5.92 Å². The summed E-state index contributed by atoms with van der Waals surface area (Å²) < 4.78 is 7.43. The van der Waals surface area contributed by atoms with Gasteiger partial charge in [0.15, 0.2) is 0 Å². The maximum Gasteiger partial charge on any atom is 0.138 e. The van der Waals surface area contributed by atoms with Crippen LogP contribution in [0.2, 0.25) is 0 Å². The second-order valence-electron chi connectivity index (χ2n) is 5.44. The number of benzene rings is 1. The van der Waals surface area contributed by atoms with E-state index in [0.29, 0.717) is 18.9 Å². The van der Waals surface area contributed by atoms with Crippen molar-refractivity contribution in [3.05, 3.63) is 42.0 Å². The van der Waals surface area contributed by atoms with Gasteiger partial charge >= 0.3 is 0 Å². The van der Waals surface area contributed by atoms with Gasteiger partial charge in [-0.25, -0.2) is 9.67 Å². The molecule has 5 nitrogen and oxygen atoms in total. The van der Waals surface area contributed by atoms with Crippen LogP contribution in [-0.4, -0.2) is 26.5 Å². The van der Waals surface area contributed by atoms with E-state index < -0.39 is 6.10 Å². The molecule has 5 heteroatoms. The SMILES string of the molecule is CCOc1ccccc1C(O)Cc1ncnn1CC(C)C. The molecule has 0 saturated carbocycles. The number of aliphatic hydroxyl groups excluding tert-OH is 1. The molecule has 2 aromatic rings. The molecule has 1 aromatic carbocycles. The van der Waals surface area contributed by atoms with E-state index >= 15 is 0 Å². The average molecular weight is 289 g/mol. The quantitative estimate of drug-likeness (QED) is 0.851. The lowest BCUT2D eigenvalue weighted by Gasteiger charge is -2.16. The van der Waals surface area contributed by atoms with Crippen LogP contribution in [0.1, 0.15) is 38.3 Å². The first-order chi connectivity index (χ1) is 10.1. The Morgan fingerprint density at radius 3 is 2.76 bits per heavy atom. The van der Waals surface area contributed by atoms with Crippen LogP contribution < -0.4 is 4.74 Å². The number of nitrogens with zero attached hydrogens (tertiary/aromatic N) is 3. The highest BCUT2D eigenvalue weighted by molar-refractivity contribution is 5.35. The van der Waals surface area contributed by atoms with Crippen molar-refractivity contribution in [1.29, 1.82) is 0 Å². The third kappa shape index (κ3) is 4.04. The summed E-state index contributed by atoms with van der Waals surface area (Å²) in [6.45, 7) is 7.57. The molecule has 0 amide bonds. The zero-order valence-electron chi connectivity index (χ0n) is 12.9. The molecule has 114 valence electrons. The van der Waals surface area contributed by atoms with E-state index in [4.69, 9.17) is 4.74 Å². The molecule has 0 spiro atoms. The summed E-state index contributed by atoms with van der Waals surface area (Å²) in [4.78, 5) is 4.26. The number of hydrogen-bond acceptors (Lipinski definition) is 4. The van der Waals surface area contributed by atoms with Crippen molar-refractivity contribution in [1.82, 2.24) is 14.8 Å². The van der Waals surface area contributed by atoms with Crippen LogP contribution in [0.25, 0.3) is 0 Å². The van der Waals surface area contributed by atoms with Crippen molar-refractivity contribution >= 4 is 0 Å². The van der Waals surface area contributed by atoms with Crippen LogP contribution >= 0.6 is 0 Å². The van der Waals surface area contributed by atoms with Gasteiger partial charge in [-0.05, 0) is 18.9 Å². The Hall–Kier alpha value is -1.88. The molecule has 1 aromatic heterocycles. The van der Waals surface area contributed by atoms with E-state index in [1.54, 1.807) is 6.33 Å². The van der Waals surface area contributed by atoms with Gasteiger partial charge in [-0.15, -0.1) is 0 Å². The highest BCUT2D eigenvalue weighted by Gasteiger charge is 2.17. The number of aliphatic hydroxyl groups is 1. The Labute approximate surface area is 125 Å². The summed E-state index contributed by atoms with van der Waals surface area (Å²) in [6, 6.07) is 7.57. The minimum absolute atomic E-state index is 0.427. The monoisotopic (exact) mass is 289 g/mol. The Morgan fingerprint density at radius 2 is 2.05 bits per heavy atom. The van der Waals surface area contributed by atoms with E-state index in [-0.39, 0.29) is 0 Å². The van der Waals surface area contributed by atoms with Crippen molar-refractivity contribution in [2.45, 2.75) is 39.8 Å².